The van der Waals surface area contributed by atoms with Crippen LogP contribution in [0.25, 0.3) is 11.1 Å². The van der Waals surface area contributed by atoms with Crippen LogP contribution in [0, 0.1) is 18.8 Å². The van der Waals surface area contributed by atoms with E-state index in [1.54, 1.807) is 12.1 Å². The van der Waals surface area contributed by atoms with Gasteiger partial charge in [0.1, 0.15) is 0 Å². The second-order valence-electron chi connectivity index (χ2n) is 3.27. The summed E-state index contributed by atoms with van der Waals surface area (Å²) in [6, 6.07) is 15.3. The Labute approximate surface area is 138 Å². The van der Waals surface area contributed by atoms with E-state index in [1.807, 2.05) is 31.2 Å². The molecule has 0 radical (unpaired) electrons. The van der Waals surface area contributed by atoms with Crippen LogP contribution >= 0.6 is 0 Å². The van der Waals surface area contributed by atoms with E-state index in [2.05, 4.69) is 6.07 Å². The smallest absolute Gasteiger partial charge is 0.284 e. The minimum absolute atomic E-state index is 0. The molecule has 0 aromatic heterocycles. The molecule has 2 aromatic rings. The first-order valence-corrected chi connectivity index (χ1v) is 4.50. The zero-order valence-corrected chi connectivity index (χ0v) is 13.8. The number of rotatable bonds is 1. The first kappa shape index (κ1) is 13.2. The summed E-state index contributed by atoms with van der Waals surface area (Å²) in [5.41, 5.74) is 2.71. The van der Waals surface area contributed by atoms with Crippen molar-refractivity contribution in [3.8, 4) is 11.1 Å². The van der Waals surface area contributed by atoms with E-state index < -0.39 is 0 Å². The molecule has 0 amide bonds. The van der Waals surface area contributed by atoms with Crippen molar-refractivity contribution < 1.29 is 62.6 Å². The molecule has 0 fully saturated rings. The Kier molecular flexibility index (Phi) is 5.34. The molecule has 0 N–H and O–H groups in total. The number of aryl methyl sites for hydroxylation is 1. The monoisotopic (exact) mass is 270 g/mol. The molecular formula is C13H10FRb. The summed E-state index contributed by atoms with van der Waals surface area (Å²) in [4.78, 5) is 0. The fourth-order valence-corrected chi connectivity index (χ4v) is 1.38. The molecule has 0 saturated heterocycles. The summed E-state index contributed by atoms with van der Waals surface area (Å²) in [5.74, 6) is -0.226. The van der Waals surface area contributed by atoms with Crippen molar-refractivity contribution >= 4 is 0 Å². The molecule has 0 atom stereocenters. The van der Waals surface area contributed by atoms with Crippen LogP contribution in [0.5, 0.6) is 0 Å². The molecule has 0 saturated carbocycles. The fraction of sp³-hybridized carbons (Fsp3) is 0.0769. The van der Waals surface area contributed by atoms with Crippen LogP contribution in [0.3, 0.4) is 0 Å². The van der Waals surface area contributed by atoms with Crippen molar-refractivity contribution in [1.82, 2.24) is 0 Å². The molecule has 0 aliphatic carbocycles. The molecule has 0 spiro atoms. The molecule has 2 aromatic carbocycles. The standard InChI is InChI=1S/C13H10F.Rb/c1-10-6-8-11(9-7-10)12-4-2-3-5-13(12)14;/h2,4-9H,1H3;/q-1;+1. The zero-order valence-electron chi connectivity index (χ0n) is 8.92. The molecule has 0 bridgehead atoms. The molecule has 15 heavy (non-hydrogen) atoms. The third-order valence-electron chi connectivity index (χ3n) is 2.18. The number of hydrogen-bond donors (Lipinski definition) is 0. The Bertz CT molecular complexity index is 435. The maximum Gasteiger partial charge on any atom is 1.00 e. The van der Waals surface area contributed by atoms with Gasteiger partial charge in [0.05, 0.1) is 0 Å². The number of hydrogen-bond acceptors (Lipinski definition) is 0. The van der Waals surface area contributed by atoms with Gasteiger partial charge in [-0.3, -0.25) is 4.39 Å². The van der Waals surface area contributed by atoms with Crippen LogP contribution in [0.2, 0.25) is 0 Å². The first-order chi connectivity index (χ1) is 6.77. The van der Waals surface area contributed by atoms with Gasteiger partial charge in [-0.15, -0.1) is 6.07 Å². The van der Waals surface area contributed by atoms with Gasteiger partial charge in [-0.1, -0.05) is 35.4 Å². The summed E-state index contributed by atoms with van der Waals surface area (Å²) in [7, 11) is 0. The van der Waals surface area contributed by atoms with Gasteiger partial charge in [0.2, 0.25) is 0 Å². The molecule has 0 aliphatic rings. The van der Waals surface area contributed by atoms with Crippen LogP contribution in [-0.4, -0.2) is 0 Å². The van der Waals surface area contributed by atoms with E-state index in [1.165, 1.54) is 11.6 Å². The topological polar surface area (TPSA) is 0 Å². The Balaban J connectivity index is 0.00000112. The van der Waals surface area contributed by atoms with Crippen LogP contribution in [0.15, 0.2) is 42.5 Å². The molecular weight excluding hydrogens is 261 g/mol. The van der Waals surface area contributed by atoms with Crippen molar-refractivity contribution in [2.45, 2.75) is 6.92 Å². The molecule has 0 heterocycles. The largest absolute Gasteiger partial charge is 1.00 e. The zero-order chi connectivity index (χ0) is 9.97. The summed E-state index contributed by atoms with van der Waals surface area (Å²) >= 11 is 0. The molecule has 0 nitrogen and oxygen atoms in total. The maximum atomic E-state index is 13.3. The van der Waals surface area contributed by atoms with Gasteiger partial charge < -0.3 is 0 Å². The second-order valence-corrected chi connectivity index (χ2v) is 3.27. The Morgan fingerprint density at radius 2 is 1.73 bits per heavy atom. The van der Waals surface area contributed by atoms with E-state index in [-0.39, 0.29) is 64.0 Å². The van der Waals surface area contributed by atoms with Gasteiger partial charge in [0, 0.05) is 5.82 Å². The molecule has 2 heteroatoms. The Morgan fingerprint density at radius 1 is 1.07 bits per heavy atom. The van der Waals surface area contributed by atoms with Crippen LogP contribution in [-0.2, 0) is 0 Å². The van der Waals surface area contributed by atoms with E-state index >= 15 is 0 Å². The average Bonchev–Trinajstić information content (AvgIpc) is 2.20. The van der Waals surface area contributed by atoms with Crippen molar-refractivity contribution in [1.29, 1.82) is 0 Å². The van der Waals surface area contributed by atoms with Gasteiger partial charge >= 0.3 is 58.2 Å². The SMILES string of the molecule is Cc1ccc(-c2cc[c-]cc2F)cc1.[Rb+]. The van der Waals surface area contributed by atoms with Crippen molar-refractivity contribution in [2.24, 2.45) is 0 Å². The average molecular weight is 271 g/mol. The number of benzene rings is 2. The minimum Gasteiger partial charge on any atom is -0.284 e. The first-order valence-electron chi connectivity index (χ1n) is 4.50. The fourth-order valence-electron chi connectivity index (χ4n) is 1.38. The van der Waals surface area contributed by atoms with Crippen molar-refractivity contribution in [3.63, 3.8) is 0 Å². The van der Waals surface area contributed by atoms with Gasteiger partial charge in [-0.2, -0.15) is 18.2 Å². The van der Waals surface area contributed by atoms with Gasteiger partial charge in [0.15, 0.2) is 0 Å². The summed E-state index contributed by atoms with van der Waals surface area (Å²) in [6.07, 6.45) is 0. The van der Waals surface area contributed by atoms with Gasteiger partial charge in [0.25, 0.3) is 0 Å². The summed E-state index contributed by atoms with van der Waals surface area (Å²) < 4.78 is 13.3. The molecule has 70 valence electrons. The van der Waals surface area contributed by atoms with Gasteiger partial charge in [-0.05, 0) is 12.5 Å². The van der Waals surface area contributed by atoms with E-state index in [9.17, 15) is 4.39 Å². The second kappa shape index (κ2) is 6.05. The van der Waals surface area contributed by atoms with Crippen LogP contribution in [0.1, 0.15) is 5.56 Å². The molecule has 0 unspecified atom stereocenters. The Hall–Kier alpha value is 0.175. The minimum atomic E-state index is -0.226. The maximum absolute atomic E-state index is 13.3. The third-order valence-corrected chi connectivity index (χ3v) is 2.18. The van der Waals surface area contributed by atoms with E-state index in [4.69, 9.17) is 0 Å². The molecule has 0 aliphatic heterocycles. The van der Waals surface area contributed by atoms with E-state index in [0.29, 0.717) is 5.56 Å². The van der Waals surface area contributed by atoms with E-state index in [0.717, 1.165) is 5.56 Å². The third kappa shape index (κ3) is 3.32. The van der Waals surface area contributed by atoms with Crippen LogP contribution in [0.4, 0.5) is 4.39 Å². The van der Waals surface area contributed by atoms with Gasteiger partial charge in [-0.25, -0.2) is 0 Å². The molecule has 2 rings (SSSR count). The van der Waals surface area contributed by atoms with Crippen molar-refractivity contribution in [2.75, 3.05) is 0 Å². The van der Waals surface area contributed by atoms with Crippen LogP contribution < -0.4 is 58.2 Å². The number of halogens is 1. The van der Waals surface area contributed by atoms with Crippen molar-refractivity contribution in [3.05, 3.63) is 59.9 Å². The summed E-state index contributed by atoms with van der Waals surface area (Å²) in [5, 5.41) is 0. The normalized spacial score (nSPS) is 9.47. The predicted octanol–water partition coefficient (Wildman–Crippen LogP) is 0.605. The predicted molar refractivity (Wildman–Crippen MR) is 55.4 cm³/mol. The summed E-state index contributed by atoms with van der Waals surface area (Å²) in [6.45, 7) is 2.01. The Morgan fingerprint density at radius 3 is 2.33 bits per heavy atom. The quantitative estimate of drug-likeness (QED) is 0.666.